The number of aliphatic hydroxyl groups is 2. The molecular weight excluding hydrogens is 873 g/mol. The van der Waals surface area contributed by atoms with Crippen molar-refractivity contribution in [2.24, 2.45) is 11.8 Å². The number of H-pyrrole nitrogens is 2. The van der Waals surface area contributed by atoms with Crippen LogP contribution in [0.3, 0.4) is 0 Å². The highest BCUT2D eigenvalue weighted by molar-refractivity contribution is 5.88. The number of amides is 4. The quantitative estimate of drug-likeness (QED) is 0.0901. The predicted octanol–water partition coefficient (Wildman–Crippen LogP) is 6.04. The molecule has 0 aliphatic carbocycles. The number of likely N-dealkylation sites (tertiary alicyclic amines) is 2. The zero-order valence-corrected chi connectivity index (χ0v) is 39.7. The van der Waals surface area contributed by atoms with Crippen LogP contribution in [0.4, 0.5) is 9.59 Å². The SMILES string of the molecule is COC(=O)N[C@H](C(=O)N1C(c2ncc(-c3ccc(-c4ccc(-c5cnc([C@H]6CC[C@@H](CO)N6C(=O)[C@@H](NC(=O)OC)C6C[C@@H](C)O[C@H](C)C6)[nH]5)cc4)cc3)[nH]2)CC[C@H]1CO)C1C[C@@H](C)O[C@H](C)C1. The third-order valence-corrected chi connectivity index (χ3v) is 14.3. The molecule has 6 N–H and O–H groups in total. The van der Waals surface area contributed by atoms with E-state index in [9.17, 15) is 29.4 Å². The molecule has 0 saturated carbocycles. The maximum absolute atomic E-state index is 14.5. The number of hydrogen-bond donors (Lipinski definition) is 6. The molecule has 2 aromatic heterocycles. The molecule has 68 heavy (non-hydrogen) atoms. The summed E-state index contributed by atoms with van der Waals surface area (Å²) in [6, 6.07) is 12.8. The van der Waals surface area contributed by atoms with Crippen LogP contribution in [-0.2, 0) is 28.5 Å². The number of nitrogens with one attached hydrogen (secondary N) is 4. The number of carbonyl (C=O) groups is 4. The van der Waals surface area contributed by atoms with Crippen molar-refractivity contribution in [2.75, 3.05) is 27.4 Å². The number of ether oxygens (including phenoxy) is 4. The number of aliphatic hydroxyl groups excluding tert-OH is 2. The fraction of sp³-hybridized carbons (Fsp3) is 0.560. The van der Waals surface area contributed by atoms with Gasteiger partial charge in [-0.1, -0.05) is 48.5 Å². The molecule has 4 aromatic rings. The Morgan fingerprint density at radius 1 is 0.603 bits per heavy atom. The van der Waals surface area contributed by atoms with Crippen molar-refractivity contribution < 1.29 is 48.3 Å². The van der Waals surface area contributed by atoms with Crippen molar-refractivity contribution in [3.63, 3.8) is 0 Å². The van der Waals surface area contributed by atoms with Gasteiger partial charge in [-0.2, -0.15) is 0 Å². The molecular formula is C50H66N8O10. The van der Waals surface area contributed by atoms with E-state index in [1.54, 1.807) is 22.2 Å². The molecule has 2 aromatic carbocycles. The van der Waals surface area contributed by atoms with Gasteiger partial charge in [-0.05, 0) is 113 Å². The molecule has 0 spiro atoms. The minimum absolute atomic E-state index is 0.0801. The summed E-state index contributed by atoms with van der Waals surface area (Å²) < 4.78 is 21.7. The molecule has 4 amide bonds. The molecule has 4 aliphatic heterocycles. The van der Waals surface area contributed by atoms with Crippen LogP contribution in [0.25, 0.3) is 33.6 Å². The molecule has 0 bridgehead atoms. The molecule has 366 valence electrons. The Hall–Kier alpha value is -5.82. The summed E-state index contributed by atoms with van der Waals surface area (Å²) in [6.07, 6.45) is 6.57. The number of methoxy groups -OCH3 is 2. The Labute approximate surface area is 396 Å². The maximum Gasteiger partial charge on any atom is 0.407 e. The Morgan fingerprint density at radius 2 is 0.941 bits per heavy atom. The molecule has 4 aliphatic rings. The van der Waals surface area contributed by atoms with E-state index < -0.39 is 48.4 Å². The number of hydrogen-bond acceptors (Lipinski definition) is 12. The molecule has 8 rings (SSSR count). The van der Waals surface area contributed by atoms with Gasteiger partial charge >= 0.3 is 12.2 Å². The van der Waals surface area contributed by atoms with Gasteiger partial charge in [-0.3, -0.25) is 9.59 Å². The first-order chi connectivity index (χ1) is 32.8. The second-order valence-electron chi connectivity index (χ2n) is 19.1. The number of benzene rings is 2. The van der Waals surface area contributed by atoms with Crippen LogP contribution < -0.4 is 10.6 Å². The summed E-state index contributed by atoms with van der Waals surface area (Å²) >= 11 is 0. The molecule has 18 heteroatoms. The number of aromatic nitrogens is 4. The molecule has 1 unspecified atom stereocenters. The van der Waals surface area contributed by atoms with E-state index in [2.05, 4.69) is 20.6 Å². The summed E-state index contributed by atoms with van der Waals surface area (Å²) in [4.78, 5) is 73.8. The fourth-order valence-corrected chi connectivity index (χ4v) is 11.2. The van der Waals surface area contributed by atoms with Crippen LogP contribution in [0.1, 0.15) is 103 Å². The molecule has 6 heterocycles. The minimum atomic E-state index is -0.854. The van der Waals surface area contributed by atoms with Gasteiger partial charge in [0.15, 0.2) is 0 Å². The summed E-state index contributed by atoms with van der Waals surface area (Å²) in [5.74, 6) is 0.311. The highest BCUT2D eigenvalue weighted by Gasteiger charge is 2.47. The Morgan fingerprint density at radius 3 is 1.26 bits per heavy atom. The number of aromatic amines is 2. The van der Waals surface area contributed by atoms with Crippen LogP contribution in [0.5, 0.6) is 0 Å². The van der Waals surface area contributed by atoms with Gasteiger partial charge in [-0.25, -0.2) is 19.6 Å². The smallest absolute Gasteiger partial charge is 0.407 e. The van der Waals surface area contributed by atoms with Gasteiger partial charge in [-0.15, -0.1) is 0 Å². The molecule has 4 fully saturated rings. The first kappa shape index (κ1) is 48.6. The highest BCUT2D eigenvalue weighted by atomic mass is 16.5. The van der Waals surface area contributed by atoms with E-state index in [0.29, 0.717) is 63.0 Å². The topological polar surface area (TPSA) is 234 Å². The van der Waals surface area contributed by atoms with Crippen molar-refractivity contribution in [2.45, 2.75) is 140 Å². The number of rotatable bonds is 13. The van der Waals surface area contributed by atoms with E-state index in [1.807, 2.05) is 76.2 Å². The lowest BCUT2D eigenvalue weighted by Crippen LogP contribution is -2.56. The second-order valence-corrected chi connectivity index (χ2v) is 19.1. The van der Waals surface area contributed by atoms with Crippen molar-refractivity contribution in [1.82, 2.24) is 40.4 Å². The predicted molar refractivity (Wildman–Crippen MR) is 251 cm³/mol. The highest BCUT2D eigenvalue weighted by Crippen LogP contribution is 2.40. The second kappa shape index (κ2) is 21.2. The van der Waals surface area contributed by atoms with E-state index in [0.717, 1.165) is 33.6 Å². The fourth-order valence-electron chi connectivity index (χ4n) is 11.2. The van der Waals surface area contributed by atoms with Gasteiger partial charge in [0.05, 0.1) is 99.8 Å². The molecule has 0 radical (unpaired) electrons. The minimum Gasteiger partial charge on any atom is -0.453 e. The van der Waals surface area contributed by atoms with E-state index in [-0.39, 0.29) is 61.3 Å². The number of carbonyl (C=O) groups excluding carboxylic acids is 4. The van der Waals surface area contributed by atoms with Crippen LogP contribution in [0.15, 0.2) is 60.9 Å². The zero-order chi connectivity index (χ0) is 48.2. The van der Waals surface area contributed by atoms with Gasteiger partial charge in [0.25, 0.3) is 0 Å². The Balaban J connectivity index is 0.950. The van der Waals surface area contributed by atoms with Gasteiger partial charge in [0, 0.05) is 0 Å². The maximum atomic E-state index is 14.5. The Kier molecular flexibility index (Phi) is 15.2. The first-order valence-corrected chi connectivity index (χ1v) is 24.0. The molecule has 10 atom stereocenters. The van der Waals surface area contributed by atoms with Gasteiger partial charge in [0.1, 0.15) is 23.7 Å². The number of imidazole rings is 2. The van der Waals surface area contributed by atoms with E-state index in [1.165, 1.54) is 14.2 Å². The summed E-state index contributed by atoms with van der Waals surface area (Å²) in [5.41, 5.74) is 5.39. The van der Waals surface area contributed by atoms with Gasteiger partial charge < -0.3 is 59.6 Å². The van der Waals surface area contributed by atoms with Crippen LogP contribution in [-0.4, -0.2) is 140 Å². The van der Waals surface area contributed by atoms with Crippen molar-refractivity contribution in [1.29, 1.82) is 0 Å². The molecule has 18 nitrogen and oxygen atoms in total. The van der Waals surface area contributed by atoms with Crippen LogP contribution in [0, 0.1) is 11.8 Å². The lowest BCUT2D eigenvalue weighted by molar-refractivity contribution is -0.142. The zero-order valence-electron chi connectivity index (χ0n) is 39.7. The lowest BCUT2D eigenvalue weighted by Gasteiger charge is -2.39. The normalized spacial score (nSPS) is 28.2. The summed E-state index contributed by atoms with van der Waals surface area (Å²) in [6.45, 7) is 7.44. The number of alkyl carbamates (subject to hydrolysis) is 2. The molecule has 4 saturated heterocycles. The van der Waals surface area contributed by atoms with Gasteiger partial charge in [0.2, 0.25) is 11.8 Å². The monoisotopic (exact) mass is 938 g/mol. The van der Waals surface area contributed by atoms with E-state index >= 15 is 0 Å². The first-order valence-electron chi connectivity index (χ1n) is 24.0. The largest absolute Gasteiger partial charge is 0.453 e. The van der Waals surface area contributed by atoms with Crippen molar-refractivity contribution in [3.8, 4) is 33.6 Å². The number of nitrogens with zero attached hydrogens (tertiary/aromatic N) is 4. The summed E-state index contributed by atoms with van der Waals surface area (Å²) in [5, 5.41) is 26.4. The average molecular weight is 939 g/mol. The third kappa shape index (κ3) is 10.4. The van der Waals surface area contributed by atoms with Crippen LogP contribution >= 0.6 is 0 Å². The standard InChI is InChI=1S/C50H66N8O10/c1-27-19-35(20-28(2)67-27)43(55-49(63)65-5)47(61)57-37(25-59)15-17-41(57)45-51-23-39(53-45)33-11-7-31(8-12-33)32-9-13-34(14-10-32)40-24-52-46(54-40)42-18-16-38(26-60)58(42)48(62)44(56-50(64)66-6)36-21-29(3)68-30(4)22-36/h7-14,23-24,27-30,35-38,41-44,59-60H,15-22,25-26H2,1-6H3,(H,51,53)(H,52,54)(H,55,63)(H,56,64)/t27-,28-,29-,30-,37+,38+,41-,42?,43+,44+/m1/s1. The van der Waals surface area contributed by atoms with Crippen LogP contribution in [0.2, 0.25) is 0 Å². The Bertz CT molecular complexity index is 2190. The van der Waals surface area contributed by atoms with Crippen molar-refractivity contribution in [3.05, 3.63) is 72.6 Å². The summed E-state index contributed by atoms with van der Waals surface area (Å²) in [7, 11) is 2.55. The van der Waals surface area contributed by atoms with E-state index in [4.69, 9.17) is 28.9 Å². The third-order valence-electron chi connectivity index (χ3n) is 14.3. The lowest BCUT2D eigenvalue weighted by atomic mass is 9.85. The van der Waals surface area contributed by atoms with Crippen molar-refractivity contribution >= 4 is 24.0 Å². The average Bonchev–Trinajstić information content (AvgIpc) is 4.18.